The topological polar surface area (TPSA) is 125 Å². The zero-order chi connectivity index (χ0) is 30.6. The van der Waals surface area contributed by atoms with Gasteiger partial charge >= 0.3 is 6.03 Å². The van der Waals surface area contributed by atoms with Gasteiger partial charge in [0.25, 0.3) is 0 Å². The summed E-state index contributed by atoms with van der Waals surface area (Å²) in [5, 5.41) is 10.5. The number of carbonyl (C=O) groups is 2. The summed E-state index contributed by atoms with van der Waals surface area (Å²) < 4.78 is 6.12. The second kappa shape index (κ2) is 15.8. The van der Waals surface area contributed by atoms with E-state index in [9.17, 15) is 14.8 Å². The van der Waals surface area contributed by atoms with Crippen LogP contribution in [0, 0.1) is 11.8 Å². The Morgan fingerprint density at radius 2 is 1.70 bits per heavy atom. The number of hydrogen-bond donors (Lipinski definition) is 3. The highest BCUT2D eigenvalue weighted by atomic mass is 35.5. The van der Waals surface area contributed by atoms with Crippen LogP contribution in [0.15, 0.2) is 78.9 Å². The van der Waals surface area contributed by atoms with Crippen molar-refractivity contribution in [2.24, 2.45) is 11.5 Å². The van der Waals surface area contributed by atoms with Crippen molar-refractivity contribution < 1.29 is 19.5 Å². The van der Waals surface area contributed by atoms with E-state index >= 15 is 0 Å². The van der Waals surface area contributed by atoms with Crippen molar-refractivity contribution in [3.8, 4) is 17.6 Å². The largest absolute Gasteiger partial charge is 0.492 e. The predicted octanol–water partition coefficient (Wildman–Crippen LogP) is 4.14. The van der Waals surface area contributed by atoms with Gasteiger partial charge in [0, 0.05) is 61.4 Å². The van der Waals surface area contributed by atoms with Crippen molar-refractivity contribution in [3.63, 3.8) is 0 Å². The number of ether oxygens (including phenoxy) is 1. The van der Waals surface area contributed by atoms with Crippen LogP contribution in [0.4, 0.5) is 4.79 Å². The molecular weight excluding hydrogens is 566 g/mol. The fourth-order valence-electron chi connectivity index (χ4n) is 4.92. The Morgan fingerprint density at radius 3 is 2.37 bits per heavy atom. The molecule has 0 spiro atoms. The normalized spacial score (nSPS) is 14.6. The average molecular weight is 602 g/mol. The number of hydroxylamine groups is 2. The maximum Gasteiger partial charge on any atom is 0.338 e. The van der Waals surface area contributed by atoms with E-state index in [-0.39, 0.29) is 19.0 Å². The molecule has 1 aliphatic rings. The third-order valence-electron chi connectivity index (χ3n) is 7.11. The molecule has 1 heterocycles. The van der Waals surface area contributed by atoms with Crippen LogP contribution in [0.5, 0.6) is 5.75 Å². The minimum Gasteiger partial charge on any atom is -0.492 e. The molecule has 43 heavy (non-hydrogen) atoms. The monoisotopic (exact) mass is 601 g/mol. The lowest BCUT2D eigenvalue weighted by molar-refractivity contribution is -0.113. The van der Waals surface area contributed by atoms with E-state index in [1.54, 1.807) is 18.2 Å². The molecule has 9 nitrogen and oxygen atoms in total. The summed E-state index contributed by atoms with van der Waals surface area (Å²) in [5.74, 6) is 5.91. The van der Waals surface area contributed by atoms with Gasteiger partial charge in [-0.1, -0.05) is 65.9 Å². The van der Waals surface area contributed by atoms with Gasteiger partial charge in [0.05, 0.1) is 12.6 Å². The number of nitrogens with zero attached hydrogens (tertiary/aromatic N) is 3. The Kier molecular flexibility index (Phi) is 11.6. The van der Waals surface area contributed by atoms with Gasteiger partial charge in [-0.2, -0.15) is 0 Å². The fraction of sp³-hybridized carbons (Fsp3) is 0.273. The predicted molar refractivity (Wildman–Crippen MR) is 167 cm³/mol. The molecule has 0 aliphatic carbocycles. The minimum absolute atomic E-state index is 0.000260. The van der Waals surface area contributed by atoms with Crippen LogP contribution in [0.1, 0.15) is 34.7 Å². The number of primary amides is 2. The van der Waals surface area contributed by atoms with Gasteiger partial charge in [0.2, 0.25) is 5.91 Å². The number of nitrogens with two attached hydrogens (primary N) is 2. The zero-order valence-electron chi connectivity index (χ0n) is 23.9. The van der Waals surface area contributed by atoms with Crippen molar-refractivity contribution in [2.75, 3.05) is 45.9 Å². The summed E-state index contributed by atoms with van der Waals surface area (Å²) in [6.07, 6.45) is 3.12. The van der Waals surface area contributed by atoms with Gasteiger partial charge in [0.15, 0.2) is 0 Å². The van der Waals surface area contributed by atoms with Crippen LogP contribution in [0.2, 0.25) is 5.02 Å². The van der Waals surface area contributed by atoms with Gasteiger partial charge in [-0.3, -0.25) is 19.8 Å². The van der Waals surface area contributed by atoms with E-state index in [1.807, 2.05) is 24.3 Å². The minimum atomic E-state index is -0.932. The number of urea groups is 1. The van der Waals surface area contributed by atoms with E-state index in [4.69, 9.17) is 27.8 Å². The number of rotatable bonds is 11. The van der Waals surface area contributed by atoms with E-state index in [0.717, 1.165) is 37.7 Å². The van der Waals surface area contributed by atoms with Crippen molar-refractivity contribution in [1.29, 1.82) is 0 Å². The molecule has 0 radical (unpaired) electrons. The lowest BCUT2D eigenvalue weighted by Gasteiger charge is -2.39. The summed E-state index contributed by atoms with van der Waals surface area (Å²) in [6.45, 7) is 4.87. The lowest BCUT2D eigenvalue weighted by atomic mass is 9.96. The molecule has 0 aromatic heterocycles. The molecule has 1 saturated heterocycles. The van der Waals surface area contributed by atoms with Gasteiger partial charge in [-0.05, 0) is 47.5 Å². The van der Waals surface area contributed by atoms with Crippen LogP contribution < -0.4 is 16.2 Å². The maximum atomic E-state index is 11.4. The summed E-state index contributed by atoms with van der Waals surface area (Å²) in [5.41, 5.74) is 14.1. The van der Waals surface area contributed by atoms with Crippen LogP contribution in [0.3, 0.4) is 0 Å². The third-order valence-corrected chi connectivity index (χ3v) is 7.36. The number of benzene rings is 3. The summed E-state index contributed by atoms with van der Waals surface area (Å²) in [6, 6.07) is 23.3. The molecule has 5 N–H and O–H groups in total. The molecule has 224 valence electrons. The Labute approximate surface area is 257 Å². The first-order valence-electron chi connectivity index (χ1n) is 14.1. The van der Waals surface area contributed by atoms with E-state index in [2.05, 4.69) is 58.0 Å². The number of halogens is 1. The Hall–Kier alpha value is -4.33. The highest BCUT2D eigenvalue weighted by Gasteiger charge is 2.26. The molecule has 1 fully saturated rings. The highest BCUT2D eigenvalue weighted by molar-refractivity contribution is 6.30. The molecule has 1 aliphatic heterocycles. The smallest absolute Gasteiger partial charge is 0.338 e. The van der Waals surface area contributed by atoms with Gasteiger partial charge in [-0.25, -0.2) is 9.86 Å². The molecule has 3 aromatic rings. The van der Waals surface area contributed by atoms with Crippen LogP contribution >= 0.6 is 11.6 Å². The van der Waals surface area contributed by atoms with Gasteiger partial charge in [0.1, 0.15) is 12.4 Å². The van der Waals surface area contributed by atoms with Crippen molar-refractivity contribution >= 4 is 29.6 Å². The molecule has 3 aromatic carbocycles. The Morgan fingerprint density at radius 1 is 1.00 bits per heavy atom. The fourth-order valence-corrected chi connectivity index (χ4v) is 5.05. The Bertz CT molecular complexity index is 1460. The van der Waals surface area contributed by atoms with Crippen molar-refractivity contribution in [3.05, 3.63) is 106 Å². The standard InChI is InChI=1S/C33H36ClN5O4/c34-29-13-10-27(11-14-29)32(26-7-2-1-3-8-26)38-20-18-37(19-21-38)22-23-43-30-15-9-25(24-28(30)12-16-31(35)40)6-4-5-17-39(42)33(36)41/h1-3,7-16,24,32,42H,5,17-23H2,(H2,35,40)(H2,36,41)/b16-12+/t32-/m1/s1. The number of piperazine rings is 1. The van der Waals surface area contributed by atoms with Crippen LogP contribution in [-0.2, 0) is 4.79 Å². The molecule has 3 amide bonds. The van der Waals surface area contributed by atoms with E-state index in [1.165, 1.54) is 17.2 Å². The van der Waals surface area contributed by atoms with Crippen molar-refractivity contribution in [1.82, 2.24) is 14.9 Å². The Balaban J connectivity index is 1.34. The van der Waals surface area contributed by atoms with Crippen LogP contribution in [-0.4, -0.2) is 77.9 Å². The first-order valence-corrected chi connectivity index (χ1v) is 14.4. The maximum absolute atomic E-state index is 11.4. The second-order valence-electron chi connectivity index (χ2n) is 10.1. The summed E-state index contributed by atoms with van der Waals surface area (Å²) in [7, 11) is 0. The molecule has 4 rings (SSSR count). The summed E-state index contributed by atoms with van der Waals surface area (Å²) >= 11 is 6.17. The van der Waals surface area contributed by atoms with E-state index in [0.29, 0.717) is 28.5 Å². The van der Waals surface area contributed by atoms with Gasteiger partial charge < -0.3 is 16.2 Å². The molecule has 0 saturated carbocycles. The van der Waals surface area contributed by atoms with Gasteiger partial charge in [-0.15, -0.1) is 0 Å². The molecule has 1 atom stereocenters. The second-order valence-corrected chi connectivity index (χ2v) is 10.5. The zero-order valence-corrected chi connectivity index (χ0v) is 24.6. The number of carbonyl (C=O) groups excluding carboxylic acids is 2. The quantitative estimate of drug-likeness (QED) is 0.131. The average Bonchev–Trinajstić information content (AvgIpc) is 3.01. The van der Waals surface area contributed by atoms with Crippen LogP contribution in [0.25, 0.3) is 6.08 Å². The first-order chi connectivity index (χ1) is 20.8. The molecular formula is C33H36ClN5O4. The lowest BCUT2D eigenvalue weighted by Crippen LogP contribution is -2.48. The number of amides is 3. The summed E-state index contributed by atoms with van der Waals surface area (Å²) in [4.78, 5) is 27.2. The molecule has 0 bridgehead atoms. The number of hydrogen-bond acceptors (Lipinski definition) is 6. The highest BCUT2D eigenvalue weighted by Crippen LogP contribution is 2.30. The first kappa shape index (κ1) is 31.6. The SMILES string of the molecule is NC(=O)/C=C/c1cc(C#CCCN(O)C(N)=O)ccc1OCCN1CCN([C@H](c2ccccc2)c2ccc(Cl)cc2)CC1. The molecule has 10 heteroatoms. The molecule has 0 unspecified atom stereocenters. The third kappa shape index (κ3) is 9.60. The van der Waals surface area contributed by atoms with Crippen molar-refractivity contribution in [2.45, 2.75) is 12.5 Å². The van der Waals surface area contributed by atoms with E-state index < -0.39 is 11.9 Å².